The molecule has 200 valence electrons. The predicted molar refractivity (Wildman–Crippen MR) is 155 cm³/mol. The number of amides is 2. The van der Waals surface area contributed by atoms with E-state index in [9.17, 15) is 9.59 Å². The minimum absolute atomic E-state index is 0.105. The summed E-state index contributed by atoms with van der Waals surface area (Å²) in [7, 11) is 1.62. The molecule has 8 nitrogen and oxygen atoms in total. The van der Waals surface area contributed by atoms with E-state index in [0.29, 0.717) is 24.3 Å². The van der Waals surface area contributed by atoms with Crippen LogP contribution in [0, 0.1) is 0 Å². The summed E-state index contributed by atoms with van der Waals surface area (Å²) in [5.74, 6) is 1.09. The molecule has 4 aromatic rings. The largest absolute Gasteiger partial charge is 0.357 e. The highest BCUT2D eigenvalue weighted by Gasteiger charge is 2.38. The van der Waals surface area contributed by atoms with Gasteiger partial charge in [-0.15, -0.1) is 11.7 Å². The van der Waals surface area contributed by atoms with Crippen molar-refractivity contribution in [2.75, 3.05) is 29.9 Å². The zero-order chi connectivity index (χ0) is 27.1. The van der Waals surface area contributed by atoms with Gasteiger partial charge < -0.3 is 10.2 Å². The van der Waals surface area contributed by atoms with Gasteiger partial charge in [0.2, 0.25) is 5.91 Å². The van der Waals surface area contributed by atoms with Crippen molar-refractivity contribution in [3.05, 3.63) is 78.1 Å². The molecule has 1 saturated heterocycles. The van der Waals surface area contributed by atoms with Crippen LogP contribution in [-0.2, 0) is 11.2 Å². The number of carbonyl (C=O) groups excluding carboxylic acids is 2. The van der Waals surface area contributed by atoms with Crippen LogP contribution >= 0.6 is 0 Å². The monoisotopic (exact) mass is 522 g/mol. The van der Waals surface area contributed by atoms with E-state index >= 15 is 0 Å². The van der Waals surface area contributed by atoms with E-state index in [1.54, 1.807) is 18.0 Å². The first-order chi connectivity index (χ1) is 19.0. The minimum Gasteiger partial charge on any atom is -0.357 e. The van der Waals surface area contributed by atoms with Crippen LogP contribution in [0.15, 0.2) is 61.4 Å². The maximum absolute atomic E-state index is 13.6. The summed E-state index contributed by atoms with van der Waals surface area (Å²) in [5.41, 5.74) is 4.82. The summed E-state index contributed by atoms with van der Waals surface area (Å²) < 4.78 is 1.88. The standard InChI is InChI=1S/C31H34N6O2/c1-4-6-10-26(30(38)32-3)37-25-12-11-22(23-8-7-9-24(29(23)25)31(37)39)21-13-15-35(16-14-21)28-17-27-33-18-20(5-2)19-36(27)34-28/h4,7-9,11-12,17-19,21,26H,1,5-6,10,13-16H2,2-3H3,(H,32,38). The number of allylic oxidation sites excluding steroid dienone is 1. The van der Waals surface area contributed by atoms with Gasteiger partial charge in [0, 0.05) is 49.5 Å². The van der Waals surface area contributed by atoms with Crippen molar-refractivity contribution in [1.82, 2.24) is 19.9 Å². The molecule has 2 aromatic carbocycles. The number of fused-ring (bicyclic) bond motifs is 1. The first-order valence-electron chi connectivity index (χ1n) is 13.8. The number of likely N-dealkylation sites (N-methyl/N-ethyl adjacent to an activating group) is 1. The molecule has 0 spiro atoms. The van der Waals surface area contributed by atoms with Gasteiger partial charge in [-0.1, -0.05) is 31.2 Å². The number of piperidine rings is 1. The Morgan fingerprint density at radius 1 is 1.23 bits per heavy atom. The van der Waals surface area contributed by atoms with Crippen LogP contribution in [0.1, 0.15) is 60.0 Å². The number of benzene rings is 2. The van der Waals surface area contributed by atoms with Gasteiger partial charge in [0.15, 0.2) is 11.5 Å². The molecule has 2 amide bonds. The molecular weight excluding hydrogens is 488 g/mol. The quantitative estimate of drug-likeness (QED) is 0.334. The first-order valence-corrected chi connectivity index (χ1v) is 13.8. The van der Waals surface area contributed by atoms with Crippen molar-refractivity contribution in [2.24, 2.45) is 0 Å². The maximum atomic E-state index is 13.6. The lowest BCUT2D eigenvalue weighted by Gasteiger charge is -2.33. The molecular formula is C31H34N6O2. The number of anilines is 2. The first kappa shape index (κ1) is 25.1. The van der Waals surface area contributed by atoms with E-state index in [1.807, 2.05) is 28.9 Å². The molecule has 0 bridgehead atoms. The van der Waals surface area contributed by atoms with Gasteiger partial charge >= 0.3 is 0 Å². The number of nitrogens with one attached hydrogen (secondary N) is 1. The number of nitrogens with zero attached hydrogens (tertiary/aromatic N) is 5. The van der Waals surface area contributed by atoms with E-state index < -0.39 is 6.04 Å². The van der Waals surface area contributed by atoms with Crippen LogP contribution in [0.25, 0.3) is 16.4 Å². The molecule has 2 aromatic heterocycles. The molecule has 2 aliphatic heterocycles. The van der Waals surface area contributed by atoms with Gasteiger partial charge in [-0.25, -0.2) is 9.50 Å². The lowest BCUT2D eigenvalue weighted by atomic mass is 9.85. The summed E-state index contributed by atoms with van der Waals surface area (Å²) in [4.78, 5) is 35.0. The Bertz CT molecular complexity index is 1580. The Morgan fingerprint density at radius 3 is 2.79 bits per heavy atom. The molecule has 0 aliphatic carbocycles. The molecule has 39 heavy (non-hydrogen) atoms. The number of aromatic nitrogens is 3. The highest BCUT2D eigenvalue weighted by atomic mass is 16.2. The number of aryl methyl sites for hydroxylation is 1. The SMILES string of the molecule is C=CCCC(C(=O)NC)N1C(=O)c2cccc3c(C4CCN(c5cc6ncc(CC)cn6n5)CC4)ccc1c23. The average molecular weight is 523 g/mol. The second kappa shape index (κ2) is 10.2. The van der Waals surface area contributed by atoms with Gasteiger partial charge in [0.05, 0.1) is 5.69 Å². The Balaban J connectivity index is 1.27. The number of hydrogen-bond donors (Lipinski definition) is 1. The third-order valence-electron chi connectivity index (χ3n) is 8.29. The highest BCUT2D eigenvalue weighted by molar-refractivity contribution is 6.27. The lowest BCUT2D eigenvalue weighted by molar-refractivity contribution is -0.121. The third kappa shape index (κ3) is 4.24. The van der Waals surface area contributed by atoms with Crippen molar-refractivity contribution in [1.29, 1.82) is 0 Å². The van der Waals surface area contributed by atoms with Crippen LogP contribution in [0.5, 0.6) is 0 Å². The molecule has 4 heterocycles. The molecule has 2 aliphatic rings. The molecule has 8 heteroatoms. The molecule has 1 unspecified atom stereocenters. The van der Waals surface area contributed by atoms with E-state index in [0.717, 1.165) is 60.3 Å². The van der Waals surface area contributed by atoms with Crippen molar-refractivity contribution >= 4 is 39.7 Å². The van der Waals surface area contributed by atoms with Gasteiger partial charge in [-0.05, 0) is 66.7 Å². The van der Waals surface area contributed by atoms with Crippen molar-refractivity contribution in [3.8, 4) is 0 Å². The summed E-state index contributed by atoms with van der Waals surface area (Å²) in [6.07, 6.45) is 9.88. The molecule has 1 atom stereocenters. The molecule has 1 fully saturated rings. The Kier molecular flexibility index (Phi) is 6.54. The van der Waals surface area contributed by atoms with Crippen LogP contribution < -0.4 is 15.1 Å². The summed E-state index contributed by atoms with van der Waals surface area (Å²) in [6, 6.07) is 11.7. The second-order valence-corrected chi connectivity index (χ2v) is 10.5. The molecule has 1 N–H and O–H groups in total. The third-order valence-corrected chi connectivity index (χ3v) is 8.29. The average Bonchev–Trinajstić information content (AvgIpc) is 3.53. The summed E-state index contributed by atoms with van der Waals surface area (Å²) >= 11 is 0. The Hall–Kier alpha value is -4.20. The highest BCUT2D eigenvalue weighted by Crippen LogP contribution is 2.44. The fraction of sp³-hybridized carbons (Fsp3) is 0.355. The van der Waals surface area contributed by atoms with Gasteiger partial charge in [0.1, 0.15) is 6.04 Å². The maximum Gasteiger partial charge on any atom is 0.259 e. The normalized spacial score (nSPS) is 16.3. The van der Waals surface area contributed by atoms with Crippen LogP contribution in [-0.4, -0.2) is 52.6 Å². The van der Waals surface area contributed by atoms with Crippen molar-refractivity contribution in [2.45, 2.75) is 51.0 Å². The van der Waals surface area contributed by atoms with Crippen molar-refractivity contribution in [3.63, 3.8) is 0 Å². The zero-order valence-corrected chi connectivity index (χ0v) is 22.6. The van der Waals surface area contributed by atoms with E-state index in [2.05, 4.69) is 53.1 Å². The molecule has 0 saturated carbocycles. The van der Waals surface area contributed by atoms with Crippen LogP contribution in [0.2, 0.25) is 0 Å². The molecule has 0 radical (unpaired) electrons. The van der Waals surface area contributed by atoms with Gasteiger partial charge in [-0.3, -0.25) is 14.5 Å². The number of rotatable bonds is 8. The van der Waals surface area contributed by atoms with Gasteiger partial charge in [0.25, 0.3) is 5.91 Å². The smallest absolute Gasteiger partial charge is 0.259 e. The van der Waals surface area contributed by atoms with Crippen molar-refractivity contribution < 1.29 is 9.59 Å². The summed E-state index contributed by atoms with van der Waals surface area (Å²) in [6.45, 7) is 7.73. The number of carbonyl (C=O) groups is 2. The number of hydrogen-bond acceptors (Lipinski definition) is 5. The fourth-order valence-electron chi connectivity index (χ4n) is 6.17. The second-order valence-electron chi connectivity index (χ2n) is 10.5. The lowest BCUT2D eigenvalue weighted by Crippen LogP contribution is -2.47. The topological polar surface area (TPSA) is 82.8 Å². The Morgan fingerprint density at radius 2 is 2.05 bits per heavy atom. The van der Waals surface area contributed by atoms with E-state index in [-0.39, 0.29) is 11.8 Å². The predicted octanol–water partition coefficient (Wildman–Crippen LogP) is 4.87. The zero-order valence-electron chi connectivity index (χ0n) is 22.6. The Labute approximate surface area is 228 Å². The minimum atomic E-state index is -0.571. The molecule has 6 rings (SSSR count). The van der Waals surface area contributed by atoms with E-state index in [1.165, 1.54) is 11.1 Å². The van der Waals surface area contributed by atoms with Crippen LogP contribution in [0.3, 0.4) is 0 Å². The van der Waals surface area contributed by atoms with Gasteiger partial charge in [-0.2, -0.15) is 0 Å². The van der Waals surface area contributed by atoms with E-state index in [4.69, 9.17) is 5.10 Å². The summed E-state index contributed by atoms with van der Waals surface area (Å²) in [5, 5.41) is 9.62. The van der Waals surface area contributed by atoms with Crippen LogP contribution in [0.4, 0.5) is 11.5 Å². The fourth-order valence-corrected chi connectivity index (χ4v) is 6.17.